The number of aliphatic hydroxyl groups excluding tert-OH is 1. The van der Waals surface area contributed by atoms with Gasteiger partial charge in [-0.2, -0.15) is 0 Å². The highest BCUT2D eigenvalue weighted by Gasteiger charge is 2.19. The predicted molar refractivity (Wildman–Crippen MR) is 120 cm³/mol. The smallest absolute Gasteiger partial charge is 0.141 e. The van der Waals surface area contributed by atoms with E-state index in [0.717, 1.165) is 61.0 Å². The molecule has 4 nitrogen and oxygen atoms in total. The highest BCUT2D eigenvalue weighted by Crippen LogP contribution is 2.33. The maximum Gasteiger partial charge on any atom is 0.141 e. The summed E-state index contributed by atoms with van der Waals surface area (Å²) in [6.07, 6.45) is 3.90. The Bertz CT molecular complexity index is 903. The van der Waals surface area contributed by atoms with Gasteiger partial charge in [0.15, 0.2) is 0 Å². The van der Waals surface area contributed by atoms with Crippen molar-refractivity contribution in [3.8, 4) is 17.0 Å². The number of aromatic nitrogens is 1. The number of unbranched alkanes of at least 4 members (excludes halogenated alkanes) is 2. The van der Waals surface area contributed by atoms with Gasteiger partial charge in [-0.05, 0) is 43.6 Å². The van der Waals surface area contributed by atoms with Crippen LogP contribution in [0.1, 0.15) is 51.2 Å². The van der Waals surface area contributed by atoms with Crippen LogP contribution in [0, 0.1) is 0 Å². The van der Waals surface area contributed by atoms with Crippen molar-refractivity contribution in [3.63, 3.8) is 0 Å². The number of hydrogen-bond donors (Lipinski definition) is 2. The number of phenolic OH excluding ortho intramolecular Hbond substituents is 1. The molecule has 0 saturated carbocycles. The molecule has 4 heteroatoms. The molecule has 0 radical (unpaired) electrons. The van der Waals surface area contributed by atoms with Gasteiger partial charge in [0.25, 0.3) is 0 Å². The van der Waals surface area contributed by atoms with Crippen LogP contribution < -0.4 is 0 Å². The highest BCUT2D eigenvalue weighted by atomic mass is 16.3. The molecule has 0 bridgehead atoms. The van der Waals surface area contributed by atoms with Crippen LogP contribution in [0.4, 0.5) is 0 Å². The third-order valence-corrected chi connectivity index (χ3v) is 5.37. The summed E-state index contributed by atoms with van der Waals surface area (Å²) < 4.78 is 0. The molecule has 2 aromatic carbocycles. The van der Waals surface area contributed by atoms with E-state index < -0.39 is 6.10 Å². The van der Waals surface area contributed by atoms with Crippen LogP contribution in [0.3, 0.4) is 0 Å². The van der Waals surface area contributed by atoms with Gasteiger partial charge in [-0.1, -0.05) is 69.2 Å². The summed E-state index contributed by atoms with van der Waals surface area (Å²) >= 11 is 0. The number of phenols is 1. The van der Waals surface area contributed by atoms with E-state index in [9.17, 15) is 10.2 Å². The first-order valence-corrected chi connectivity index (χ1v) is 10.7. The summed E-state index contributed by atoms with van der Waals surface area (Å²) in [5.74, 6) is 0.141. The van der Waals surface area contributed by atoms with Crippen molar-refractivity contribution in [1.29, 1.82) is 0 Å². The number of fused-ring (bicyclic) bond motifs is 1. The normalized spacial score (nSPS) is 12.6. The maximum atomic E-state index is 11.2. The van der Waals surface area contributed by atoms with Crippen molar-refractivity contribution in [2.75, 3.05) is 19.6 Å². The second-order valence-electron chi connectivity index (χ2n) is 7.66. The zero-order chi connectivity index (χ0) is 20.6. The second-order valence-corrected chi connectivity index (χ2v) is 7.66. The van der Waals surface area contributed by atoms with Crippen molar-refractivity contribution in [1.82, 2.24) is 9.88 Å². The Balaban J connectivity index is 1.98. The van der Waals surface area contributed by atoms with Crippen LogP contribution in [-0.4, -0.2) is 39.7 Å². The zero-order valence-corrected chi connectivity index (χ0v) is 17.5. The maximum absolute atomic E-state index is 11.2. The van der Waals surface area contributed by atoms with Crippen LogP contribution in [0.15, 0.2) is 54.6 Å². The summed E-state index contributed by atoms with van der Waals surface area (Å²) in [5.41, 5.74) is 3.10. The first-order chi connectivity index (χ1) is 14.1. The number of benzene rings is 2. The summed E-state index contributed by atoms with van der Waals surface area (Å²) in [6, 6.07) is 17.3. The number of nitrogens with zero attached hydrogens (tertiary/aromatic N) is 2. The van der Waals surface area contributed by atoms with E-state index in [1.807, 2.05) is 48.5 Å². The lowest BCUT2D eigenvalue weighted by atomic mass is 9.99. The SMILES string of the molecule is CCCCN(CCCC)C[C@@H](O)c1cc(-c2ccccc2)nc2c(O)cccc12. The third kappa shape index (κ3) is 5.34. The van der Waals surface area contributed by atoms with E-state index in [2.05, 4.69) is 18.7 Å². The quantitative estimate of drug-likeness (QED) is 0.475. The molecule has 0 aliphatic rings. The Morgan fingerprint density at radius 1 is 0.931 bits per heavy atom. The fourth-order valence-corrected chi connectivity index (χ4v) is 3.69. The van der Waals surface area contributed by atoms with E-state index >= 15 is 0 Å². The molecule has 1 heterocycles. The summed E-state index contributed by atoms with van der Waals surface area (Å²) in [7, 11) is 0. The average molecular weight is 393 g/mol. The summed E-state index contributed by atoms with van der Waals surface area (Å²) in [4.78, 5) is 7.05. The first-order valence-electron chi connectivity index (χ1n) is 10.7. The van der Waals surface area contributed by atoms with Gasteiger partial charge in [0.1, 0.15) is 11.3 Å². The molecular weight excluding hydrogens is 360 g/mol. The Labute approximate surface area is 173 Å². The Kier molecular flexibility index (Phi) is 7.62. The van der Waals surface area contributed by atoms with Crippen LogP contribution in [0.2, 0.25) is 0 Å². The van der Waals surface area contributed by atoms with Crippen molar-refractivity contribution in [2.24, 2.45) is 0 Å². The minimum atomic E-state index is -0.640. The van der Waals surface area contributed by atoms with Gasteiger partial charge in [-0.25, -0.2) is 4.98 Å². The van der Waals surface area contributed by atoms with Crippen LogP contribution in [0.5, 0.6) is 5.75 Å². The molecular formula is C25H32N2O2. The van der Waals surface area contributed by atoms with Crippen molar-refractivity contribution in [2.45, 2.75) is 45.6 Å². The average Bonchev–Trinajstić information content (AvgIpc) is 2.75. The molecule has 3 rings (SSSR count). The van der Waals surface area contributed by atoms with Crippen molar-refractivity contribution in [3.05, 3.63) is 60.2 Å². The zero-order valence-electron chi connectivity index (χ0n) is 17.5. The largest absolute Gasteiger partial charge is 0.506 e. The molecule has 1 aromatic heterocycles. The van der Waals surface area contributed by atoms with E-state index in [0.29, 0.717) is 12.1 Å². The molecule has 0 amide bonds. The van der Waals surface area contributed by atoms with Crippen LogP contribution >= 0.6 is 0 Å². The Hall–Kier alpha value is -2.43. The molecule has 0 saturated heterocycles. The molecule has 0 fully saturated rings. The van der Waals surface area contributed by atoms with E-state index in [1.165, 1.54) is 0 Å². The monoisotopic (exact) mass is 392 g/mol. The predicted octanol–water partition coefficient (Wildman–Crippen LogP) is 5.54. The van der Waals surface area contributed by atoms with Gasteiger partial charge >= 0.3 is 0 Å². The van der Waals surface area contributed by atoms with Gasteiger partial charge in [0.2, 0.25) is 0 Å². The molecule has 3 aromatic rings. The number of para-hydroxylation sites is 1. The van der Waals surface area contributed by atoms with Gasteiger partial charge in [-0.3, -0.25) is 0 Å². The molecule has 0 spiro atoms. The molecule has 29 heavy (non-hydrogen) atoms. The minimum absolute atomic E-state index is 0.141. The lowest BCUT2D eigenvalue weighted by molar-refractivity contribution is 0.112. The van der Waals surface area contributed by atoms with E-state index in [4.69, 9.17) is 4.98 Å². The second kappa shape index (κ2) is 10.4. The molecule has 0 aliphatic heterocycles. The first kappa shape index (κ1) is 21.3. The highest BCUT2D eigenvalue weighted by molar-refractivity contribution is 5.89. The number of rotatable bonds is 10. The Morgan fingerprint density at radius 3 is 2.28 bits per heavy atom. The molecule has 0 unspecified atom stereocenters. The number of pyridine rings is 1. The standard InChI is InChI=1S/C25H32N2O2/c1-3-5-15-27(16-6-4-2)18-24(29)21-17-22(19-11-8-7-9-12-19)26-25-20(21)13-10-14-23(25)28/h7-14,17,24,28-29H,3-6,15-16,18H2,1-2H3/t24-/m1/s1. The number of hydrogen-bond acceptors (Lipinski definition) is 4. The van der Waals surface area contributed by atoms with Gasteiger partial charge in [-0.15, -0.1) is 0 Å². The van der Waals surface area contributed by atoms with E-state index in [1.54, 1.807) is 6.07 Å². The lowest BCUT2D eigenvalue weighted by Crippen LogP contribution is -2.31. The molecule has 0 aliphatic carbocycles. The molecule has 1 atom stereocenters. The fourth-order valence-electron chi connectivity index (χ4n) is 3.69. The molecule has 154 valence electrons. The Morgan fingerprint density at radius 2 is 1.62 bits per heavy atom. The molecule has 2 N–H and O–H groups in total. The topological polar surface area (TPSA) is 56.6 Å². The summed E-state index contributed by atoms with van der Waals surface area (Å²) in [6.45, 7) is 6.96. The van der Waals surface area contributed by atoms with Crippen LogP contribution in [0.25, 0.3) is 22.2 Å². The van der Waals surface area contributed by atoms with Crippen molar-refractivity contribution >= 4 is 10.9 Å². The third-order valence-electron chi connectivity index (χ3n) is 5.37. The van der Waals surface area contributed by atoms with Crippen molar-refractivity contribution < 1.29 is 10.2 Å². The van der Waals surface area contributed by atoms with Gasteiger partial charge in [0, 0.05) is 17.5 Å². The number of aromatic hydroxyl groups is 1. The minimum Gasteiger partial charge on any atom is -0.506 e. The van der Waals surface area contributed by atoms with E-state index in [-0.39, 0.29) is 5.75 Å². The summed E-state index contributed by atoms with van der Waals surface area (Å²) in [5, 5.41) is 22.4. The van der Waals surface area contributed by atoms with Gasteiger partial charge in [0.05, 0.1) is 11.8 Å². The van der Waals surface area contributed by atoms with Crippen LogP contribution in [-0.2, 0) is 0 Å². The van der Waals surface area contributed by atoms with Gasteiger partial charge < -0.3 is 15.1 Å². The number of aliphatic hydroxyl groups is 1. The fraction of sp³-hybridized carbons (Fsp3) is 0.400. The lowest BCUT2D eigenvalue weighted by Gasteiger charge is -2.26.